The van der Waals surface area contributed by atoms with Crippen molar-refractivity contribution in [2.24, 2.45) is 0 Å². The molecular formula is C19H15BrFN3O2S. The minimum absolute atomic E-state index is 0.0633. The summed E-state index contributed by atoms with van der Waals surface area (Å²) in [6.45, 7) is 0.297. The summed E-state index contributed by atoms with van der Waals surface area (Å²) in [5, 5.41) is 2.98. The van der Waals surface area contributed by atoms with E-state index >= 15 is 0 Å². The molecule has 3 rings (SSSR count). The lowest BCUT2D eigenvalue weighted by atomic mass is 10.2. The van der Waals surface area contributed by atoms with Gasteiger partial charge >= 0.3 is 0 Å². The summed E-state index contributed by atoms with van der Waals surface area (Å²) in [6.07, 6.45) is 3.12. The molecule has 0 spiro atoms. The number of hydrogen-bond donors (Lipinski definition) is 1. The van der Waals surface area contributed by atoms with E-state index in [4.69, 9.17) is 0 Å². The first-order valence-electron chi connectivity index (χ1n) is 8.00. The molecule has 0 saturated heterocycles. The molecule has 5 nitrogen and oxygen atoms in total. The monoisotopic (exact) mass is 447 g/mol. The second kappa shape index (κ2) is 8.96. The van der Waals surface area contributed by atoms with E-state index in [-0.39, 0.29) is 28.1 Å². The number of hydrogen-bond acceptors (Lipinski definition) is 4. The number of aromatic nitrogens is 2. The average molecular weight is 448 g/mol. The van der Waals surface area contributed by atoms with E-state index in [1.165, 1.54) is 22.9 Å². The van der Waals surface area contributed by atoms with Gasteiger partial charge in [0.05, 0.1) is 5.75 Å². The van der Waals surface area contributed by atoms with Crippen LogP contribution >= 0.6 is 27.7 Å². The number of nitrogens with zero attached hydrogens (tertiary/aromatic N) is 2. The Hall–Kier alpha value is -2.45. The average Bonchev–Trinajstić information content (AvgIpc) is 2.67. The number of halogens is 2. The summed E-state index contributed by atoms with van der Waals surface area (Å²) >= 11 is 4.44. The minimum atomic E-state index is -0.321. The molecule has 0 atom stereocenters. The van der Waals surface area contributed by atoms with E-state index in [1.54, 1.807) is 18.3 Å². The first-order chi connectivity index (χ1) is 13.0. The lowest BCUT2D eigenvalue weighted by Gasteiger charge is -2.08. The van der Waals surface area contributed by atoms with Crippen LogP contribution in [0.2, 0.25) is 0 Å². The molecule has 1 heterocycles. The normalized spacial score (nSPS) is 10.6. The molecule has 27 heavy (non-hydrogen) atoms. The number of thioether (sulfide) groups is 1. The Balaban J connectivity index is 1.61. The van der Waals surface area contributed by atoms with Crippen LogP contribution in [0.15, 0.2) is 75.2 Å². The number of rotatable bonds is 6. The molecule has 1 aromatic heterocycles. The zero-order chi connectivity index (χ0) is 19.2. The SMILES string of the molecule is O=C(CSc1nccn(-c2ccc(Br)cc2)c1=O)NCc1ccc(F)cc1. The smallest absolute Gasteiger partial charge is 0.287 e. The summed E-state index contributed by atoms with van der Waals surface area (Å²) in [5.74, 6) is -0.490. The van der Waals surface area contributed by atoms with Gasteiger partial charge in [0.2, 0.25) is 5.91 Å². The standard InChI is InChI=1S/C19H15BrFN3O2S/c20-14-3-7-16(8-4-14)24-10-9-22-18(19(24)26)27-12-17(25)23-11-13-1-5-15(21)6-2-13/h1-10H,11-12H2,(H,23,25). The molecule has 0 saturated carbocycles. The van der Waals surface area contributed by atoms with E-state index in [9.17, 15) is 14.0 Å². The molecule has 1 N–H and O–H groups in total. The maximum atomic E-state index is 12.9. The molecule has 138 valence electrons. The summed E-state index contributed by atoms with van der Waals surface area (Å²) in [7, 11) is 0. The third-order valence-electron chi connectivity index (χ3n) is 3.66. The van der Waals surface area contributed by atoms with Gasteiger partial charge < -0.3 is 5.32 Å². The molecule has 1 amide bonds. The summed E-state index contributed by atoms with van der Waals surface area (Å²) in [6, 6.07) is 13.2. The van der Waals surface area contributed by atoms with E-state index < -0.39 is 0 Å². The van der Waals surface area contributed by atoms with Gasteiger partial charge in [-0.05, 0) is 42.0 Å². The van der Waals surface area contributed by atoms with E-state index in [2.05, 4.69) is 26.2 Å². The van der Waals surface area contributed by atoms with Gasteiger partial charge in [0, 0.05) is 29.1 Å². The number of amides is 1. The van der Waals surface area contributed by atoms with Crippen molar-refractivity contribution < 1.29 is 9.18 Å². The van der Waals surface area contributed by atoms with Crippen LogP contribution in [0, 0.1) is 5.82 Å². The van der Waals surface area contributed by atoms with Gasteiger partial charge in [-0.25, -0.2) is 9.37 Å². The van der Waals surface area contributed by atoms with Crippen molar-refractivity contribution in [2.75, 3.05) is 5.75 Å². The zero-order valence-corrected chi connectivity index (χ0v) is 16.5. The number of carbonyl (C=O) groups excluding carboxylic acids is 1. The van der Waals surface area contributed by atoms with Crippen LogP contribution < -0.4 is 10.9 Å². The molecule has 0 aliphatic carbocycles. The molecule has 0 aliphatic rings. The minimum Gasteiger partial charge on any atom is -0.351 e. The van der Waals surface area contributed by atoms with Gasteiger partial charge in [0.15, 0.2) is 5.03 Å². The molecule has 2 aromatic carbocycles. The fourth-order valence-electron chi connectivity index (χ4n) is 2.29. The second-order valence-corrected chi connectivity index (χ2v) is 7.46. The van der Waals surface area contributed by atoms with Crippen LogP contribution in [0.25, 0.3) is 5.69 Å². The van der Waals surface area contributed by atoms with E-state index in [1.807, 2.05) is 24.3 Å². The molecular weight excluding hydrogens is 433 g/mol. The largest absolute Gasteiger partial charge is 0.351 e. The maximum absolute atomic E-state index is 12.9. The Morgan fingerprint density at radius 3 is 2.56 bits per heavy atom. The molecule has 0 radical (unpaired) electrons. The first-order valence-corrected chi connectivity index (χ1v) is 9.78. The quantitative estimate of drug-likeness (QED) is 0.586. The third kappa shape index (κ3) is 5.27. The van der Waals surface area contributed by atoms with Crippen LogP contribution in [-0.4, -0.2) is 21.2 Å². The van der Waals surface area contributed by atoms with E-state index in [0.717, 1.165) is 21.8 Å². The molecule has 3 aromatic rings. The van der Waals surface area contributed by atoms with Crippen LogP contribution in [0.5, 0.6) is 0 Å². The van der Waals surface area contributed by atoms with Gasteiger partial charge in [-0.15, -0.1) is 0 Å². The van der Waals surface area contributed by atoms with Gasteiger partial charge in [-0.2, -0.15) is 0 Å². The van der Waals surface area contributed by atoms with Crippen LogP contribution in [0.4, 0.5) is 4.39 Å². The number of benzene rings is 2. The fraction of sp³-hybridized carbons (Fsp3) is 0.105. The van der Waals surface area contributed by atoms with Crippen LogP contribution in [-0.2, 0) is 11.3 Å². The predicted molar refractivity (Wildman–Crippen MR) is 107 cm³/mol. The highest BCUT2D eigenvalue weighted by atomic mass is 79.9. The van der Waals surface area contributed by atoms with Gasteiger partial charge in [-0.1, -0.05) is 39.8 Å². The molecule has 0 bridgehead atoms. The van der Waals surface area contributed by atoms with Crippen molar-refractivity contribution in [2.45, 2.75) is 11.6 Å². The Morgan fingerprint density at radius 1 is 1.15 bits per heavy atom. The molecule has 0 unspecified atom stereocenters. The maximum Gasteiger partial charge on any atom is 0.287 e. The summed E-state index contributed by atoms with van der Waals surface area (Å²) in [5.41, 5.74) is 1.23. The zero-order valence-electron chi connectivity index (χ0n) is 14.1. The summed E-state index contributed by atoms with van der Waals surface area (Å²) < 4.78 is 15.3. The highest BCUT2D eigenvalue weighted by Crippen LogP contribution is 2.15. The second-order valence-electron chi connectivity index (χ2n) is 5.58. The highest BCUT2D eigenvalue weighted by Gasteiger charge is 2.10. The Labute approximate surface area is 167 Å². The Morgan fingerprint density at radius 2 is 1.85 bits per heavy atom. The number of nitrogens with one attached hydrogen (secondary N) is 1. The van der Waals surface area contributed by atoms with Crippen molar-refractivity contribution in [3.63, 3.8) is 0 Å². The lowest BCUT2D eigenvalue weighted by molar-refractivity contribution is -0.118. The van der Waals surface area contributed by atoms with Crippen molar-refractivity contribution in [3.05, 3.63) is 87.1 Å². The summed E-state index contributed by atoms with van der Waals surface area (Å²) in [4.78, 5) is 28.7. The van der Waals surface area contributed by atoms with Crippen molar-refractivity contribution >= 4 is 33.6 Å². The van der Waals surface area contributed by atoms with Crippen LogP contribution in [0.3, 0.4) is 0 Å². The van der Waals surface area contributed by atoms with E-state index in [0.29, 0.717) is 12.2 Å². The van der Waals surface area contributed by atoms with Gasteiger partial charge in [0.25, 0.3) is 5.56 Å². The predicted octanol–water partition coefficient (Wildman–Crippen LogP) is 3.54. The third-order valence-corrected chi connectivity index (χ3v) is 5.15. The topological polar surface area (TPSA) is 64.0 Å². The highest BCUT2D eigenvalue weighted by molar-refractivity contribution is 9.10. The van der Waals surface area contributed by atoms with Gasteiger partial charge in [0.1, 0.15) is 5.82 Å². The first kappa shape index (κ1) is 19.3. The molecule has 8 heteroatoms. The molecule has 0 aliphatic heterocycles. The number of carbonyl (C=O) groups is 1. The molecule has 0 fully saturated rings. The van der Waals surface area contributed by atoms with Crippen LogP contribution in [0.1, 0.15) is 5.56 Å². The Kier molecular flexibility index (Phi) is 6.41. The van der Waals surface area contributed by atoms with Crippen molar-refractivity contribution in [3.8, 4) is 5.69 Å². The Bertz CT molecular complexity index is 991. The lowest BCUT2D eigenvalue weighted by Crippen LogP contribution is -2.26. The van der Waals surface area contributed by atoms with Crippen molar-refractivity contribution in [1.29, 1.82) is 0 Å². The van der Waals surface area contributed by atoms with Gasteiger partial charge in [-0.3, -0.25) is 14.2 Å². The van der Waals surface area contributed by atoms with Crippen molar-refractivity contribution in [1.82, 2.24) is 14.9 Å². The fourth-order valence-corrected chi connectivity index (χ4v) is 3.28.